The molecule has 4 rings (SSSR count). The van der Waals surface area contributed by atoms with Crippen molar-refractivity contribution in [3.8, 4) is 5.75 Å². The van der Waals surface area contributed by atoms with Crippen LogP contribution >= 0.6 is 11.3 Å². The second kappa shape index (κ2) is 10.4. The molecule has 29 heavy (non-hydrogen) atoms. The van der Waals surface area contributed by atoms with Gasteiger partial charge < -0.3 is 9.64 Å². The molecule has 1 aromatic heterocycles. The van der Waals surface area contributed by atoms with Gasteiger partial charge in [0, 0.05) is 23.5 Å². The van der Waals surface area contributed by atoms with Crippen molar-refractivity contribution in [1.29, 1.82) is 0 Å². The van der Waals surface area contributed by atoms with Crippen molar-refractivity contribution >= 4 is 17.1 Å². The Morgan fingerprint density at radius 3 is 2.83 bits per heavy atom. The Morgan fingerprint density at radius 1 is 1.10 bits per heavy atom. The van der Waals surface area contributed by atoms with Crippen molar-refractivity contribution in [2.24, 2.45) is 0 Å². The maximum absolute atomic E-state index is 12.5. The highest BCUT2D eigenvalue weighted by molar-refractivity contribution is 7.08. The van der Waals surface area contributed by atoms with E-state index in [1.54, 1.807) is 11.3 Å². The Hall–Kier alpha value is -1.69. The summed E-state index contributed by atoms with van der Waals surface area (Å²) >= 11 is 1.58. The summed E-state index contributed by atoms with van der Waals surface area (Å²) in [6, 6.07) is 10.7. The molecule has 2 aromatic rings. The fourth-order valence-electron chi connectivity index (χ4n) is 4.56. The van der Waals surface area contributed by atoms with E-state index in [2.05, 4.69) is 34.1 Å². The smallest absolute Gasteiger partial charge is 0.177 e. The lowest BCUT2D eigenvalue weighted by atomic mass is 10.0. The lowest BCUT2D eigenvalue weighted by Crippen LogP contribution is -2.31. The Balaban J connectivity index is 1.29. The number of likely N-dealkylation sites (tertiary alicyclic amines) is 2. The van der Waals surface area contributed by atoms with E-state index in [1.807, 2.05) is 16.8 Å². The van der Waals surface area contributed by atoms with E-state index in [1.165, 1.54) is 37.9 Å². The quantitative estimate of drug-likeness (QED) is 0.427. The SMILES string of the molecule is O=C(CN1CCCC1c1cccc(OCCCN2CCCCC2)c1)c1ccsc1. The molecule has 0 N–H and O–H groups in total. The lowest BCUT2D eigenvalue weighted by molar-refractivity contribution is 0.0922. The van der Waals surface area contributed by atoms with Gasteiger partial charge in [-0.2, -0.15) is 11.3 Å². The first-order valence-corrected chi connectivity index (χ1v) is 12.0. The third kappa shape index (κ3) is 5.68. The molecule has 0 aliphatic carbocycles. The van der Waals surface area contributed by atoms with Gasteiger partial charge in [0.2, 0.25) is 0 Å². The van der Waals surface area contributed by atoms with Gasteiger partial charge in [-0.1, -0.05) is 18.6 Å². The molecule has 0 spiro atoms. The predicted octanol–water partition coefficient (Wildman–Crippen LogP) is 5.02. The normalized spacial score (nSPS) is 20.8. The van der Waals surface area contributed by atoms with Crippen molar-refractivity contribution in [1.82, 2.24) is 9.80 Å². The van der Waals surface area contributed by atoms with E-state index in [4.69, 9.17) is 4.74 Å². The maximum atomic E-state index is 12.5. The molecule has 0 radical (unpaired) electrons. The lowest BCUT2D eigenvalue weighted by Gasteiger charge is -2.26. The molecule has 0 saturated carbocycles. The number of ketones is 1. The first-order chi connectivity index (χ1) is 14.3. The molecule has 1 unspecified atom stereocenters. The number of hydrogen-bond donors (Lipinski definition) is 0. The summed E-state index contributed by atoms with van der Waals surface area (Å²) in [5, 5.41) is 3.92. The zero-order valence-electron chi connectivity index (χ0n) is 17.2. The van der Waals surface area contributed by atoms with Crippen LogP contribution in [0.3, 0.4) is 0 Å². The van der Waals surface area contributed by atoms with Gasteiger partial charge in [0.05, 0.1) is 13.2 Å². The summed E-state index contributed by atoms with van der Waals surface area (Å²) < 4.78 is 6.06. The van der Waals surface area contributed by atoms with Crippen LogP contribution < -0.4 is 4.74 Å². The molecule has 1 atom stereocenters. The number of carbonyl (C=O) groups excluding carboxylic acids is 1. The highest BCUT2D eigenvalue weighted by Gasteiger charge is 2.28. The maximum Gasteiger partial charge on any atom is 0.177 e. The molecule has 5 heteroatoms. The number of thiophene rings is 1. The molecule has 2 aliphatic heterocycles. The minimum atomic E-state index is 0.225. The van der Waals surface area contributed by atoms with Gasteiger partial charge in [-0.25, -0.2) is 0 Å². The summed E-state index contributed by atoms with van der Waals surface area (Å²) in [7, 11) is 0. The number of ether oxygens (including phenoxy) is 1. The number of benzene rings is 1. The van der Waals surface area contributed by atoms with Crippen molar-refractivity contribution in [2.75, 3.05) is 39.3 Å². The molecule has 1 aromatic carbocycles. The first kappa shape index (κ1) is 20.6. The molecule has 2 saturated heterocycles. The van der Waals surface area contributed by atoms with E-state index in [9.17, 15) is 4.79 Å². The highest BCUT2D eigenvalue weighted by atomic mass is 32.1. The molecule has 0 amide bonds. The van der Waals surface area contributed by atoms with Gasteiger partial charge in [0.15, 0.2) is 5.78 Å². The molecular weight excluding hydrogens is 380 g/mol. The largest absolute Gasteiger partial charge is 0.494 e. The zero-order chi connectivity index (χ0) is 19.9. The third-order valence-electron chi connectivity index (χ3n) is 6.13. The number of nitrogens with zero attached hydrogens (tertiary/aromatic N) is 2. The van der Waals surface area contributed by atoms with E-state index < -0.39 is 0 Å². The summed E-state index contributed by atoms with van der Waals surface area (Å²) in [5.74, 6) is 1.18. The van der Waals surface area contributed by atoms with Gasteiger partial charge in [0.25, 0.3) is 0 Å². The second-order valence-electron chi connectivity index (χ2n) is 8.24. The highest BCUT2D eigenvalue weighted by Crippen LogP contribution is 2.33. The summed E-state index contributed by atoms with van der Waals surface area (Å²) in [4.78, 5) is 17.4. The fraction of sp³-hybridized carbons (Fsp3) is 0.542. The number of piperidine rings is 1. The standard InChI is InChI=1S/C24H32N2O2S/c27-24(21-10-16-29-19-21)18-26-14-5-9-23(26)20-7-4-8-22(17-20)28-15-6-13-25-11-2-1-3-12-25/h4,7-8,10,16-17,19,23H,1-3,5-6,9,11-15,18H2. The second-order valence-corrected chi connectivity index (χ2v) is 9.02. The minimum absolute atomic E-state index is 0.225. The Labute approximate surface area is 178 Å². The Kier molecular flexibility index (Phi) is 7.36. The van der Waals surface area contributed by atoms with Gasteiger partial charge in [-0.05, 0) is 80.9 Å². The summed E-state index contributed by atoms with van der Waals surface area (Å²) in [6.45, 7) is 5.89. The van der Waals surface area contributed by atoms with Crippen molar-refractivity contribution in [3.05, 3.63) is 52.2 Å². The van der Waals surface area contributed by atoms with Crippen LogP contribution in [0.2, 0.25) is 0 Å². The molecule has 2 fully saturated rings. The molecule has 156 valence electrons. The number of carbonyl (C=O) groups is 1. The van der Waals surface area contributed by atoms with Crippen molar-refractivity contribution in [3.63, 3.8) is 0 Å². The van der Waals surface area contributed by atoms with Crippen LogP contribution in [0.1, 0.15) is 60.5 Å². The van der Waals surface area contributed by atoms with Gasteiger partial charge in [0.1, 0.15) is 5.75 Å². The topological polar surface area (TPSA) is 32.8 Å². The Morgan fingerprint density at radius 2 is 2.00 bits per heavy atom. The van der Waals surface area contributed by atoms with Gasteiger partial charge >= 0.3 is 0 Å². The minimum Gasteiger partial charge on any atom is -0.494 e. The zero-order valence-corrected chi connectivity index (χ0v) is 18.0. The molecular formula is C24H32N2O2S. The molecule has 4 nitrogen and oxygen atoms in total. The van der Waals surface area contributed by atoms with Crippen molar-refractivity contribution in [2.45, 2.75) is 44.6 Å². The van der Waals surface area contributed by atoms with Gasteiger partial charge in [-0.3, -0.25) is 9.69 Å². The van der Waals surface area contributed by atoms with E-state index in [0.29, 0.717) is 12.6 Å². The number of Topliss-reactive ketones (excluding diaryl/α,β-unsaturated/α-hetero) is 1. The van der Waals surface area contributed by atoms with Crippen LogP contribution in [0.4, 0.5) is 0 Å². The van der Waals surface area contributed by atoms with E-state index >= 15 is 0 Å². The fourth-order valence-corrected chi connectivity index (χ4v) is 5.22. The van der Waals surface area contributed by atoms with Gasteiger partial charge in [-0.15, -0.1) is 0 Å². The molecule has 2 aliphatic rings. The van der Waals surface area contributed by atoms with Crippen LogP contribution in [0.5, 0.6) is 5.75 Å². The molecule has 0 bridgehead atoms. The predicted molar refractivity (Wildman–Crippen MR) is 119 cm³/mol. The summed E-state index contributed by atoms with van der Waals surface area (Å²) in [6.07, 6.45) is 7.40. The van der Waals surface area contributed by atoms with Crippen LogP contribution in [0.15, 0.2) is 41.1 Å². The van der Waals surface area contributed by atoms with Crippen LogP contribution in [0, 0.1) is 0 Å². The molecule has 3 heterocycles. The van der Waals surface area contributed by atoms with Crippen LogP contribution in [-0.4, -0.2) is 54.9 Å². The van der Waals surface area contributed by atoms with Crippen molar-refractivity contribution < 1.29 is 9.53 Å². The van der Waals surface area contributed by atoms with E-state index in [-0.39, 0.29) is 5.78 Å². The van der Waals surface area contributed by atoms with Crippen LogP contribution in [0.25, 0.3) is 0 Å². The van der Waals surface area contributed by atoms with Crippen LogP contribution in [-0.2, 0) is 0 Å². The number of hydrogen-bond acceptors (Lipinski definition) is 5. The average Bonchev–Trinajstić information content (AvgIpc) is 3.44. The third-order valence-corrected chi connectivity index (χ3v) is 6.82. The average molecular weight is 413 g/mol. The monoisotopic (exact) mass is 412 g/mol. The Bertz CT molecular complexity index is 771. The number of rotatable bonds is 9. The first-order valence-electron chi connectivity index (χ1n) is 11.0. The summed E-state index contributed by atoms with van der Waals surface area (Å²) in [5.41, 5.74) is 2.11. The van der Waals surface area contributed by atoms with E-state index in [0.717, 1.165) is 50.3 Å².